The lowest BCUT2D eigenvalue weighted by Gasteiger charge is -2.57. The Balaban J connectivity index is 1.76. The van der Waals surface area contributed by atoms with Crippen molar-refractivity contribution in [3.63, 3.8) is 0 Å². The van der Waals surface area contributed by atoms with Crippen molar-refractivity contribution < 1.29 is 4.79 Å². The Morgan fingerprint density at radius 2 is 2.08 bits per heavy atom. The first-order chi connectivity index (χ1) is 12.5. The van der Waals surface area contributed by atoms with Gasteiger partial charge in [0.25, 0.3) is 0 Å². The second-order valence-corrected chi connectivity index (χ2v) is 11.0. The molecule has 26 heavy (non-hydrogen) atoms. The Morgan fingerprint density at radius 3 is 2.85 bits per heavy atom. The molecule has 0 saturated heterocycles. The molecule has 0 aromatic heterocycles. The van der Waals surface area contributed by atoms with E-state index in [1.54, 1.807) is 0 Å². The molecule has 0 aliphatic heterocycles. The summed E-state index contributed by atoms with van der Waals surface area (Å²) in [5, 5.41) is 0.795. The lowest BCUT2D eigenvalue weighted by molar-refractivity contribution is -0.119. The van der Waals surface area contributed by atoms with Crippen LogP contribution in [0.1, 0.15) is 78.1 Å². The summed E-state index contributed by atoms with van der Waals surface area (Å²) in [5.74, 6) is 4.59. The summed E-state index contributed by atoms with van der Waals surface area (Å²) in [5.41, 5.74) is 7.61. The van der Waals surface area contributed by atoms with Gasteiger partial charge >= 0.3 is 0 Å². The minimum Gasteiger partial charge on any atom is -0.330 e. The highest BCUT2D eigenvalue weighted by Crippen LogP contribution is 2.61. The van der Waals surface area contributed by atoms with Gasteiger partial charge in [0.2, 0.25) is 0 Å². The second-order valence-electron chi connectivity index (χ2n) is 9.55. The molecule has 3 rings (SSSR count). The van der Waals surface area contributed by atoms with Gasteiger partial charge in [-0.3, -0.25) is 4.79 Å². The maximum absolute atomic E-state index is 12.1. The average Bonchev–Trinajstić information content (AvgIpc) is 2.68. The predicted molar refractivity (Wildman–Crippen MR) is 113 cm³/mol. The fourth-order valence-electron chi connectivity index (χ4n) is 6.32. The topological polar surface area (TPSA) is 43.1 Å². The summed E-state index contributed by atoms with van der Waals surface area (Å²) >= 11 is 2.15. The minimum atomic E-state index is 0.409. The largest absolute Gasteiger partial charge is 0.330 e. The maximum atomic E-state index is 12.1. The SMILES string of the molecule is C=C1CC2C(C)CCC(=O)CCCC2C2(C)CCC(SCCCN)CC12. The molecule has 2 N–H and O–H groups in total. The molecule has 3 heteroatoms. The summed E-state index contributed by atoms with van der Waals surface area (Å²) in [4.78, 5) is 12.1. The van der Waals surface area contributed by atoms with E-state index in [0.29, 0.717) is 23.0 Å². The van der Waals surface area contributed by atoms with Crippen LogP contribution in [0.15, 0.2) is 12.2 Å². The molecular formula is C23H39NOS. The number of allylic oxidation sites excluding steroid dienone is 1. The van der Waals surface area contributed by atoms with Crippen LogP contribution < -0.4 is 5.73 Å². The minimum absolute atomic E-state index is 0.409. The Labute approximate surface area is 165 Å². The first kappa shape index (κ1) is 20.5. The fraction of sp³-hybridized carbons (Fsp3) is 0.870. The van der Waals surface area contributed by atoms with Gasteiger partial charge in [0.1, 0.15) is 5.78 Å². The van der Waals surface area contributed by atoms with Gasteiger partial charge in [0.05, 0.1) is 0 Å². The first-order valence-corrected chi connectivity index (χ1v) is 12.0. The number of carbonyl (C=O) groups excluding carboxylic acids is 1. The van der Waals surface area contributed by atoms with Crippen molar-refractivity contribution in [2.24, 2.45) is 34.8 Å². The Morgan fingerprint density at radius 1 is 1.27 bits per heavy atom. The van der Waals surface area contributed by atoms with Gasteiger partial charge in [-0.25, -0.2) is 0 Å². The lowest BCUT2D eigenvalue weighted by Crippen LogP contribution is -2.49. The quantitative estimate of drug-likeness (QED) is 0.512. The van der Waals surface area contributed by atoms with Crippen LogP contribution in [0.3, 0.4) is 0 Å². The molecule has 6 unspecified atom stereocenters. The van der Waals surface area contributed by atoms with Crippen molar-refractivity contribution >= 4 is 17.5 Å². The first-order valence-electron chi connectivity index (χ1n) is 11.0. The number of rotatable bonds is 4. The van der Waals surface area contributed by atoms with Gasteiger partial charge in [-0.1, -0.05) is 26.0 Å². The van der Waals surface area contributed by atoms with Crippen LogP contribution in [0.4, 0.5) is 0 Å². The van der Waals surface area contributed by atoms with E-state index in [9.17, 15) is 4.79 Å². The smallest absolute Gasteiger partial charge is 0.132 e. The van der Waals surface area contributed by atoms with Gasteiger partial charge in [-0.15, -0.1) is 0 Å². The van der Waals surface area contributed by atoms with Crippen molar-refractivity contribution in [3.8, 4) is 0 Å². The molecule has 6 atom stereocenters. The van der Waals surface area contributed by atoms with E-state index < -0.39 is 0 Å². The van der Waals surface area contributed by atoms with Crippen LogP contribution in [0, 0.1) is 29.1 Å². The third kappa shape index (κ3) is 4.24. The van der Waals surface area contributed by atoms with Gasteiger partial charge < -0.3 is 5.73 Å². The molecule has 148 valence electrons. The number of nitrogens with two attached hydrogens (primary N) is 1. The van der Waals surface area contributed by atoms with Crippen LogP contribution in [-0.2, 0) is 4.79 Å². The van der Waals surface area contributed by atoms with Crippen LogP contribution in [0.2, 0.25) is 0 Å². The molecule has 3 fully saturated rings. The Bertz CT molecular complexity index is 518. The molecule has 2 nitrogen and oxygen atoms in total. The van der Waals surface area contributed by atoms with E-state index in [1.165, 1.54) is 43.4 Å². The van der Waals surface area contributed by atoms with E-state index in [1.807, 2.05) is 0 Å². The maximum Gasteiger partial charge on any atom is 0.132 e. The van der Waals surface area contributed by atoms with Crippen LogP contribution in [-0.4, -0.2) is 23.3 Å². The summed E-state index contributed by atoms with van der Waals surface area (Å²) in [6.07, 6.45) is 11.4. The van der Waals surface area contributed by atoms with Crippen molar-refractivity contribution in [1.82, 2.24) is 0 Å². The monoisotopic (exact) mass is 377 g/mol. The van der Waals surface area contributed by atoms with Crippen molar-refractivity contribution in [2.45, 2.75) is 83.3 Å². The number of thioether (sulfide) groups is 1. The van der Waals surface area contributed by atoms with Gasteiger partial charge in [0, 0.05) is 18.1 Å². The number of Topliss-reactive ketones (excluding diaryl/α,β-unsaturated/α-hetero) is 1. The molecule has 0 radical (unpaired) electrons. The zero-order valence-corrected chi connectivity index (χ0v) is 17.8. The zero-order valence-electron chi connectivity index (χ0n) is 17.0. The van der Waals surface area contributed by atoms with Gasteiger partial charge in [-0.05, 0) is 92.8 Å². The molecule has 0 amide bonds. The highest BCUT2D eigenvalue weighted by molar-refractivity contribution is 7.99. The van der Waals surface area contributed by atoms with Crippen molar-refractivity contribution in [1.29, 1.82) is 0 Å². The van der Waals surface area contributed by atoms with Crippen LogP contribution >= 0.6 is 11.8 Å². The third-order valence-corrected chi connectivity index (χ3v) is 9.36. The number of hydrogen-bond acceptors (Lipinski definition) is 3. The van der Waals surface area contributed by atoms with E-state index >= 15 is 0 Å². The normalized spacial score (nSPS) is 41.6. The highest BCUT2D eigenvalue weighted by atomic mass is 32.2. The number of fused-ring (bicyclic) bond motifs is 3. The second kappa shape index (κ2) is 8.82. The standard InChI is InChI=1S/C23H39NOS/c1-16-8-9-18(25)6-4-7-21-20(16)14-17(2)22-15-19(26-13-5-12-24)10-11-23(21,22)3/h16,19-22H,2,4-15,24H2,1,3H3. The van der Waals surface area contributed by atoms with Crippen molar-refractivity contribution in [2.75, 3.05) is 12.3 Å². The zero-order chi connectivity index (χ0) is 18.7. The van der Waals surface area contributed by atoms with Crippen LogP contribution in [0.5, 0.6) is 0 Å². The molecule has 0 aromatic rings. The summed E-state index contributed by atoms with van der Waals surface area (Å²) in [6.45, 7) is 10.4. The van der Waals surface area contributed by atoms with Gasteiger partial charge in [-0.2, -0.15) is 11.8 Å². The van der Waals surface area contributed by atoms with Gasteiger partial charge in [0.15, 0.2) is 0 Å². The molecule has 0 bridgehead atoms. The summed E-state index contributed by atoms with van der Waals surface area (Å²) in [6, 6.07) is 0. The van der Waals surface area contributed by atoms with Crippen LogP contribution in [0.25, 0.3) is 0 Å². The van der Waals surface area contributed by atoms with E-state index in [4.69, 9.17) is 5.73 Å². The predicted octanol–water partition coefficient (Wildman–Crippen LogP) is 5.61. The molecule has 0 aromatic carbocycles. The number of carbonyl (C=O) groups is 1. The molecule has 3 saturated carbocycles. The highest BCUT2D eigenvalue weighted by Gasteiger charge is 2.52. The Hall–Kier alpha value is -0.280. The summed E-state index contributed by atoms with van der Waals surface area (Å²) < 4.78 is 0. The molecular weight excluding hydrogens is 338 g/mol. The lowest BCUT2D eigenvalue weighted by atomic mass is 9.49. The number of ketones is 1. The van der Waals surface area contributed by atoms with E-state index in [0.717, 1.165) is 55.7 Å². The van der Waals surface area contributed by atoms with Crippen molar-refractivity contribution in [3.05, 3.63) is 12.2 Å². The van der Waals surface area contributed by atoms with E-state index in [2.05, 4.69) is 32.2 Å². The molecule has 3 aliphatic carbocycles. The molecule has 0 heterocycles. The van der Waals surface area contributed by atoms with E-state index in [-0.39, 0.29) is 0 Å². The third-order valence-electron chi connectivity index (χ3n) is 7.94. The molecule has 3 aliphatic rings. The summed E-state index contributed by atoms with van der Waals surface area (Å²) in [7, 11) is 0. The Kier molecular flexibility index (Phi) is 6.94. The average molecular weight is 378 g/mol. The number of hydrogen-bond donors (Lipinski definition) is 1. The fourth-order valence-corrected chi connectivity index (χ4v) is 7.60. The molecule has 0 spiro atoms.